The van der Waals surface area contributed by atoms with Gasteiger partial charge in [0.15, 0.2) is 0 Å². The number of hydrogen-bond donors (Lipinski definition) is 2. The lowest BCUT2D eigenvalue weighted by molar-refractivity contribution is 0.547. The first kappa shape index (κ1) is 13.7. The van der Waals surface area contributed by atoms with Crippen LogP contribution in [0.1, 0.15) is 50.3 Å². The minimum absolute atomic E-state index is 0.0520. The lowest BCUT2D eigenvalue weighted by Crippen LogP contribution is -2.30. The van der Waals surface area contributed by atoms with Crippen molar-refractivity contribution >= 4 is 15.9 Å². The molecular formula is C14H20BrN3. The van der Waals surface area contributed by atoms with E-state index in [0.29, 0.717) is 0 Å². The van der Waals surface area contributed by atoms with E-state index in [0.717, 1.165) is 23.0 Å². The van der Waals surface area contributed by atoms with Gasteiger partial charge in [0, 0.05) is 10.7 Å². The largest absolute Gasteiger partial charge is 0.271 e. The molecule has 0 spiro atoms. The minimum atomic E-state index is 0.0520. The molecule has 2 rings (SSSR count). The Bertz CT molecular complexity index is 400. The zero-order valence-electron chi connectivity index (χ0n) is 10.5. The Morgan fingerprint density at radius 2 is 2.06 bits per heavy atom. The lowest BCUT2D eigenvalue weighted by atomic mass is 9.93. The molecule has 3 nitrogen and oxygen atoms in total. The molecule has 1 heterocycles. The van der Waals surface area contributed by atoms with E-state index in [2.05, 4.69) is 32.4 Å². The summed E-state index contributed by atoms with van der Waals surface area (Å²) < 4.78 is 0.994. The van der Waals surface area contributed by atoms with Crippen LogP contribution in [0.3, 0.4) is 0 Å². The summed E-state index contributed by atoms with van der Waals surface area (Å²) in [7, 11) is 0. The standard InChI is InChI=1S/C14H20BrN3/c15-12-8-9-13(17-10-12)14(18-16)11-6-4-2-1-3-5-7-11/h6,8-10,14,18H,1-5,7,16H2/b11-6+. The van der Waals surface area contributed by atoms with Crippen LogP contribution in [0.25, 0.3) is 0 Å². The quantitative estimate of drug-likeness (QED) is 0.509. The van der Waals surface area contributed by atoms with E-state index >= 15 is 0 Å². The third-order valence-corrected chi connectivity index (χ3v) is 3.88. The maximum atomic E-state index is 5.72. The maximum absolute atomic E-state index is 5.72. The molecule has 1 aromatic rings. The molecule has 0 saturated heterocycles. The molecule has 1 aromatic heterocycles. The second-order valence-electron chi connectivity index (χ2n) is 4.73. The van der Waals surface area contributed by atoms with Gasteiger partial charge in [-0.25, -0.2) is 5.43 Å². The first-order valence-corrected chi connectivity index (χ1v) is 7.37. The van der Waals surface area contributed by atoms with Crippen molar-refractivity contribution in [1.29, 1.82) is 0 Å². The fourth-order valence-electron chi connectivity index (χ4n) is 2.42. The molecule has 0 bridgehead atoms. The molecule has 98 valence electrons. The van der Waals surface area contributed by atoms with Crippen LogP contribution in [0, 0.1) is 0 Å². The van der Waals surface area contributed by atoms with Crippen LogP contribution in [-0.4, -0.2) is 4.98 Å². The van der Waals surface area contributed by atoms with Gasteiger partial charge in [0.25, 0.3) is 0 Å². The normalized spacial score (nSPS) is 21.6. The number of halogens is 1. The highest BCUT2D eigenvalue weighted by molar-refractivity contribution is 9.10. The molecule has 1 aliphatic carbocycles. The molecule has 4 heteroatoms. The van der Waals surface area contributed by atoms with Gasteiger partial charge in [-0.15, -0.1) is 0 Å². The maximum Gasteiger partial charge on any atom is 0.0841 e. The number of hydrazine groups is 1. The number of hydrogen-bond acceptors (Lipinski definition) is 3. The number of rotatable bonds is 3. The summed E-state index contributed by atoms with van der Waals surface area (Å²) in [4.78, 5) is 4.45. The number of allylic oxidation sites excluding steroid dienone is 1. The molecular weight excluding hydrogens is 290 g/mol. The zero-order chi connectivity index (χ0) is 12.8. The topological polar surface area (TPSA) is 50.9 Å². The first-order chi connectivity index (χ1) is 8.81. The van der Waals surface area contributed by atoms with Crippen LogP contribution in [0.15, 0.2) is 34.5 Å². The summed E-state index contributed by atoms with van der Waals surface area (Å²) in [5.41, 5.74) is 5.28. The molecule has 1 atom stereocenters. The van der Waals surface area contributed by atoms with Gasteiger partial charge in [0.2, 0.25) is 0 Å². The summed E-state index contributed by atoms with van der Waals surface area (Å²) in [6.45, 7) is 0. The minimum Gasteiger partial charge on any atom is -0.271 e. The Morgan fingerprint density at radius 1 is 1.22 bits per heavy atom. The van der Waals surface area contributed by atoms with Crippen molar-refractivity contribution in [2.45, 2.75) is 44.6 Å². The van der Waals surface area contributed by atoms with E-state index in [1.807, 2.05) is 18.3 Å². The van der Waals surface area contributed by atoms with Gasteiger partial charge in [-0.2, -0.15) is 0 Å². The molecule has 0 saturated carbocycles. The highest BCUT2D eigenvalue weighted by Crippen LogP contribution is 2.27. The SMILES string of the molecule is NNC(/C1=C/CCCCCC1)c1ccc(Br)cn1. The average molecular weight is 310 g/mol. The highest BCUT2D eigenvalue weighted by atomic mass is 79.9. The van der Waals surface area contributed by atoms with Crippen molar-refractivity contribution in [1.82, 2.24) is 10.4 Å². The summed E-state index contributed by atoms with van der Waals surface area (Å²) in [6.07, 6.45) is 11.6. The summed E-state index contributed by atoms with van der Waals surface area (Å²) in [6, 6.07) is 4.08. The van der Waals surface area contributed by atoms with Gasteiger partial charge in [-0.05, 0) is 53.7 Å². The summed E-state index contributed by atoms with van der Waals surface area (Å²) in [5, 5.41) is 0. The average Bonchev–Trinajstić information content (AvgIpc) is 2.34. The second-order valence-corrected chi connectivity index (χ2v) is 5.65. The van der Waals surface area contributed by atoms with Crippen molar-refractivity contribution in [3.05, 3.63) is 40.1 Å². The Balaban J connectivity index is 2.18. The van der Waals surface area contributed by atoms with Crippen LogP contribution >= 0.6 is 15.9 Å². The Morgan fingerprint density at radius 3 is 2.78 bits per heavy atom. The first-order valence-electron chi connectivity index (χ1n) is 6.58. The van der Waals surface area contributed by atoms with Crippen LogP contribution < -0.4 is 11.3 Å². The van der Waals surface area contributed by atoms with Gasteiger partial charge >= 0.3 is 0 Å². The molecule has 0 aliphatic heterocycles. The van der Waals surface area contributed by atoms with Gasteiger partial charge in [0.05, 0.1) is 11.7 Å². The zero-order valence-corrected chi connectivity index (χ0v) is 12.1. The molecule has 3 N–H and O–H groups in total. The van der Waals surface area contributed by atoms with Gasteiger partial charge in [-0.3, -0.25) is 10.8 Å². The summed E-state index contributed by atoms with van der Waals surface area (Å²) >= 11 is 3.41. The third kappa shape index (κ3) is 3.64. The molecule has 1 unspecified atom stereocenters. The van der Waals surface area contributed by atoms with Crippen LogP contribution in [0.2, 0.25) is 0 Å². The molecule has 1 aliphatic rings. The number of aromatic nitrogens is 1. The fourth-order valence-corrected chi connectivity index (χ4v) is 2.65. The Kier molecular flexibility index (Phi) is 5.35. The van der Waals surface area contributed by atoms with E-state index in [-0.39, 0.29) is 6.04 Å². The van der Waals surface area contributed by atoms with Crippen molar-refractivity contribution in [2.24, 2.45) is 5.84 Å². The summed E-state index contributed by atoms with van der Waals surface area (Å²) in [5.74, 6) is 5.72. The van der Waals surface area contributed by atoms with E-state index < -0.39 is 0 Å². The van der Waals surface area contributed by atoms with Crippen LogP contribution in [0.5, 0.6) is 0 Å². The predicted octanol–water partition coefficient (Wildman–Crippen LogP) is 3.63. The fraction of sp³-hybridized carbons (Fsp3) is 0.500. The third-order valence-electron chi connectivity index (χ3n) is 3.41. The van der Waals surface area contributed by atoms with Crippen LogP contribution in [0.4, 0.5) is 0 Å². The van der Waals surface area contributed by atoms with Gasteiger partial charge in [-0.1, -0.05) is 24.5 Å². The van der Waals surface area contributed by atoms with Crippen LogP contribution in [-0.2, 0) is 0 Å². The van der Waals surface area contributed by atoms with Crippen molar-refractivity contribution < 1.29 is 0 Å². The lowest BCUT2D eigenvalue weighted by Gasteiger charge is -2.21. The Labute approximate surface area is 117 Å². The number of nitrogens with two attached hydrogens (primary N) is 1. The molecule has 18 heavy (non-hydrogen) atoms. The number of pyridine rings is 1. The highest BCUT2D eigenvalue weighted by Gasteiger charge is 2.16. The predicted molar refractivity (Wildman–Crippen MR) is 77.8 cm³/mol. The second kappa shape index (κ2) is 7.02. The molecule has 0 aromatic carbocycles. The van der Waals surface area contributed by atoms with Crippen molar-refractivity contribution in [3.63, 3.8) is 0 Å². The van der Waals surface area contributed by atoms with Crippen molar-refractivity contribution in [3.8, 4) is 0 Å². The van der Waals surface area contributed by atoms with E-state index in [4.69, 9.17) is 5.84 Å². The van der Waals surface area contributed by atoms with E-state index in [1.165, 1.54) is 31.3 Å². The molecule has 0 amide bonds. The van der Waals surface area contributed by atoms with Gasteiger partial charge in [0.1, 0.15) is 0 Å². The van der Waals surface area contributed by atoms with Gasteiger partial charge < -0.3 is 0 Å². The Hall–Kier alpha value is -0.710. The smallest absolute Gasteiger partial charge is 0.0841 e. The van der Waals surface area contributed by atoms with Crippen molar-refractivity contribution in [2.75, 3.05) is 0 Å². The molecule has 0 fully saturated rings. The monoisotopic (exact) mass is 309 g/mol. The number of nitrogens with zero attached hydrogens (tertiary/aromatic N) is 1. The molecule has 0 radical (unpaired) electrons. The van der Waals surface area contributed by atoms with E-state index in [9.17, 15) is 0 Å². The van der Waals surface area contributed by atoms with E-state index in [1.54, 1.807) is 0 Å². The number of nitrogens with one attached hydrogen (secondary N) is 1.